The van der Waals surface area contributed by atoms with Crippen molar-refractivity contribution in [2.24, 2.45) is 35.5 Å². The lowest BCUT2D eigenvalue weighted by atomic mass is 9.56. The van der Waals surface area contributed by atoms with Crippen LogP contribution in [0.1, 0.15) is 26.2 Å². The largest absolute Gasteiger partial charge is 0.462 e. The molecule has 0 radical (unpaired) electrons. The molecule has 0 N–H and O–H groups in total. The number of esters is 1. The van der Waals surface area contributed by atoms with Gasteiger partial charge in [-0.3, -0.25) is 4.79 Å². The van der Waals surface area contributed by atoms with Gasteiger partial charge in [0.05, 0.1) is 0 Å². The number of ether oxygens (including phenoxy) is 1. The molecule has 4 aliphatic carbocycles. The summed E-state index contributed by atoms with van der Waals surface area (Å²) < 4.78 is 5.51. The molecule has 2 nitrogen and oxygen atoms in total. The van der Waals surface area contributed by atoms with Crippen LogP contribution in [-0.2, 0) is 9.53 Å². The van der Waals surface area contributed by atoms with Crippen LogP contribution in [0, 0.1) is 35.5 Å². The second-order valence-corrected chi connectivity index (χ2v) is 5.70. The monoisotopic (exact) mass is 192 g/mol. The lowest BCUT2D eigenvalue weighted by Crippen LogP contribution is -2.45. The third-order valence-corrected chi connectivity index (χ3v) is 5.51. The summed E-state index contributed by atoms with van der Waals surface area (Å²) in [5, 5.41) is 0. The molecule has 7 atom stereocenters. The van der Waals surface area contributed by atoms with E-state index in [9.17, 15) is 4.79 Å². The highest BCUT2D eigenvalue weighted by molar-refractivity contribution is 5.66. The molecule has 0 unspecified atom stereocenters. The molecule has 4 fully saturated rings. The lowest BCUT2D eigenvalue weighted by Gasteiger charge is -2.48. The van der Waals surface area contributed by atoms with Crippen molar-refractivity contribution in [3.8, 4) is 0 Å². The van der Waals surface area contributed by atoms with Gasteiger partial charge in [0, 0.05) is 12.8 Å². The Morgan fingerprint density at radius 3 is 2.43 bits per heavy atom. The lowest BCUT2D eigenvalue weighted by molar-refractivity contribution is -0.151. The molecule has 0 aromatic heterocycles. The number of rotatable bonds is 1. The molecule has 14 heavy (non-hydrogen) atoms. The Bertz CT molecular complexity index is 305. The summed E-state index contributed by atoms with van der Waals surface area (Å²) in [5.41, 5.74) is 0. The number of hydrogen-bond acceptors (Lipinski definition) is 2. The number of carbonyl (C=O) groups excluding carboxylic acids is 1. The summed E-state index contributed by atoms with van der Waals surface area (Å²) in [6.07, 6.45) is 4.59. The smallest absolute Gasteiger partial charge is 0.302 e. The third-order valence-electron chi connectivity index (χ3n) is 5.51. The van der Waals surface area contributed by atoms with E-state index < -0.39 is 0 Å². The molecule has 0 saturated heterocycles. The maximum absolute atomic E-state index is 11.0. The van der Waals surface area contributed by atoms with Gasteiger partial charge in [0.1, 0.15) is 6.10 Å². The Hall–Kier alpha value is -0.530. The first kappa shape index (κ1) is 7.72. The maximum atomic E-state index is 11.0. The second-order valence-electron chi connectivity index (χ2n) is 5.70. The minimum atomic E-state index is -0.0657. The zero-order valence-electron chi connectivity index (χ0n) is 8.48. The van der Waals surface area contributed by atoms with Crippen LogP contribution >= 0.6 is 0 Å². The fourth-order valence-corrected chi connectivity index (χ4v) is 5.39. The van der Waals surface area contributed by atoms with Crippen molar-refractivity contribution in [3.05, 3.63) is 0 Å². The van der Waals surface area contributed by atoms with Gasteiger partial charge >= 0.3 is 5.97 Å². The number of hydrogen-bond donors (Lipinski definition) is 0. The van der Waals surface area contributed by atoms with E-state index in [-0.39, 0.29) is 5.97 Å². The Morgan fingerprint density at radius 2 is 1.79 bits per heavy atom. The Labute approximate surface area is 84.0 Å². The van der Waals surface area contributed by atoms with Gasteiger partial charge in [-0.25, -0.2) is 0 Å². The molecular weight excluding hydrogens is 176 g/mol. The third kappa shape index (κ3) is 0.636. The summed E-state index contributed by atoms with van der Waals surface area (Å²) in [7, 11) is 0. The minimum absolute atomic E-state index is 0.0657. The summed E-state index contributed by atoms with van der Waals surface area (Å²) in [4.78, 5) is 11.0. The fraction of sp³-hybridized carbons (Fsp3) is 0.917. The van der Waals surface area contributed by atoms with Crippen molar-refractivity contribution in [1.82, 2.24) is 0 Å². The number of carbonyl (C=O) groups is 1. The van der Waals surface area contributed by atoms with E-state index in [0.717, 1.165) is 35.5 Å². The van der Waals surface area contributed by atoms with Crippen molar-refractivity contribution in [1.29, 1.82) is 0 Å². The molecule has 2 heteroatoms. The SMILES string of the molecule is CC(=O)O[C@@H]1[C@H]2C[C@@H]3[C@@H]4CC[C@@H]2[C@H]4[C@H]31. The van der Waals surface area contributed by atoms with Crippen LogP contribution in [0.25, 0.3) is 0 Å². The van der Waals surface area contributed by atoms with E-state index in [1.807, 2.05) is 0 Å². The van der Waals surface area contributed by atoms with Crippen LogP contribution in [0.5, 0.6) is 0 Å². The van der Waals surface area contributed by atoms with E-state index in [4.69, 9.17) is 4.74 Å². The van der Waals surface area contributed by atoms with Gasteiger partial charge in [-0.2, -0.15) is 0 Å². The Kier molecular flexibility index (Phi) is 1.20. The van der Waals surface area contributed by atoms with Gasteiger partial charge < -0.3 is 4.74 Å². The molecule has 0 spiro atoms. The van der Waals surface area contributed by atoms with Crippen LogP contribution in [0.3, 0.4) is 0 Å². The summed E-state index contributed by atoms with van der Waals surface area (Å²) in [6.45, 7) is 1.56. The molecule has 0 aromatic carbocycles. The van der Waals surface area contributed by atoms with E-state index in [2.05, 4.69) is 0 Å². The minimum Gasteiger partial charge on any atom is -0.462 e. The van der Waals surface area contributed by atoms with Gasteiger partial charge in [-0.1, -0.05) is 0 Å². The van der Waals surface area contributed by atoms with Crippen molar-refractivity contribution < 1.29 is 9.53 Å². The predicted octanol–water partition coefficient (Wildman–Crippen LogP) is 1.84. The van der Waals surface area contributed by atoms with Crippen molar-refractivity contribution in [2.45, 2.75) is 32.3 Å². The highest BCUT2D eigenvalue weighted by Crippen LogP contribution is 2.75. The summed E-state index contributed by atoms with van der Waals surface area (Å²) in [5.74, 6) is 5.32. The first-order valence-electron chi connectivity index (χ1n) is 5.94. The highest BCUT2D eigenvalue weighted by Gasteiger charge is 2.73. The van der Waals surface area contributed by atoms with E-state index in [1.54, 1.807) is 6.92 Å². The predicted molar refractivity (Wildman–Crippen MR) is 50.3 cm³/mol. The second kappa shape index (κ2) is 2.17. The van der Waals surface area contributed by atoms with Gasteiger partial charge in [0.15, 0.2) is 0 Å². The first-order chi connectivity index (χ1) is 6.77. The molecule has 0 amide bonds. The molecular formula is C12H16O2. The molecule has 76 valence electrons. The summed E-state index contributed by atoms with van der Waals surface area (Å²) in [6, 6.07) is 0. The van der Waals surface area contributed by atoms with Crippen LogP contribution in [0.15, 0.2) is 0 Å². The Morgan fingerprint density at radius 1 is 1.07 bits per heavy atom. The van der Waals surface area contributed by atoms with Gasteiger partial charge in [-0.05, 0) is 48.9 Å². The molecule has 2 bridgehead atoms. The number of fused-ring (bicyclic) bond motifs is 3. The topological polar surface area (TPSA) is 26.3 Å². The van der Waals surface area contributed by atoms with E-state index >= 15 is 0 Å². The standard InChI is InChI=1S/C12H16O2/c1-5(13)14-12-9-4-8-6-2-3-7(9)10(6)11(8)12/h6-12H,2-4H2,1H3/t6-,7-,8+,9-,10-,11-,12+/m0/s1. The molecule has 4 rings (SSSR count). The zero-order chi connectivity index (χ0) is 9.45. The van der Waals surface area contributed by atoms with Crippen molar-refractivity contribution in [3.63, 3.8) is 0 Å². The van der Waals surface area contributed by atoms with Crippen molar-refractivity contribution in [2.75, 3.05) is 0 Å². The van der Waals surface area contributed by atoms with Crippen molar-refractivity contribution >= 4 is 5.97 Å². The average Bonchev–Trinajstić information content (AvgIpc) is 2.60. The molecule has 4 saturated carbocycles. The van der Waals surface area contributed by atoms with E-state index in [0.29, 0.717) is 6.10 Å². The van der Waals surface area contributed by atoms with Crippen LogP contribution in [0.2, 0.25) is 0 Å². The molecule has 0 aromatic rings. The normalized spacial score (nSPS) is 61.4. The fourth-order valence-electron chi connectivity index (χ4n) is 5.39. The maximum Gasteiger partial charge on any atom is 0.302 e. The highest BCUT2D eigenvalue weighted by atomic mass is 16.5. The van der Waals surface area contributed by atoms with Gasteiger partial charge in [0.25, 0.3) is 0 Å². The van der Waals surface area contributed by atoms with Crippen LogP contribution in [-0.4, -0.2) is 12.1 Å². The van der Waals surface area contributed by atoms with Gasteiger partial charge in [0.2, 0.25) is 0 Å². The molecule has 4 aliphatic rings. The van der Waals surface area contributed by atoms with Crippen LogP contribution < -0.4 is 0 Å². The van der Waals surface area contributed by atoms with E-state index in [1.165, 1.54) is 19.3 Å². The molecule has 0 heterocycles. The Balaban J connectivity index is 1.66. The quantitative estimate of drug-likeness (QED) is 0.592. The van der Waals surface area contributed by atoms with Gasteiger partial charge in [-0.15, -0.1) is 0 Å². The zero-order valence-corrected chi connectivity index (χ0v) is 8.48. The van der Waals surface area contributed by atoms with Crippen LogP contribution in [0.4, 0.5) is 0 Å². The average molecular weight is 192 g/mol. The first-order valence-corrected chi connectivity index (χ1v) is 5.94. The summed E-state index contributed by atoms with van der Waals surface area (Å²) >= 11 is 0. The molecule has 0 aliphatic heterocycles.